The maximum atomic E-state index is 13.4. The molecule has 1 aliphatic rings. The molecule has 1 fully saturated rings. The molecule has 1 amide bonds. The number of rotatable bonds is 7. The first-order valence-electron chi connectivity index (χ1n) is 10.3. The molecular formula is C20H26N6O6. The van der Waals surface area contributed by atoms with E-state index >= 15 is 0 Å². The van der Waals surface area contributed by atoms with Crippen molar-refractivity contribution in [3.05, 3.63) is 54.7 Å². The molecule has 172 valence electrons. The lowest BCUT2D eigenvalue weighted by Crippen LogP contribution is -2.41. The number of nitro benzene ring substituents is 1. The van der Waals surface area contributed by atoms with Gasteiger partial charge in [0.1, 0.15) is 5.82 Å². The van der Waals surface area contributed by atoms with Gasteiger partial charge in [0, 0.05) is 38.8 Å². The minimum Gasteiger partial charge on any atom is -0.383 e. The molecule has 0 unspecified atom stereocenters. The average molecular weight is 446 g/mol. The first kappa shape index (κ1) is 23.0. The lowest BCUT2D eigenvalue weighted by Gasteiger charge is -2.31. The Morgan fingerprint density at radius 3 is 2.62 bits per heavy atom. The van der Waals surface area contributed by atoms with Crippen LogP contribution in [-0.2, 0) is 11.3 Å². The summed E-state index contributed by atoms with van der Waals surface area (Å²) in [5.41, 5.74) is 4.74. The fourth-order valence-electron chi connectivity index (χ4n) is 3.61. The normalized spacial score (nSPS) is 13.8. The number of hydrogen-bond donors (Lipinski definition) is 2. The average Bonchev–Trinajstić information content (AvgIpc) is 2.78. The number of morpholine rings is 1. The van der Waals surface area contributed by atoms with Crippen molar-refractivity contribution in [2.45, 2.75) is 26.3 Å². The van der Waals surface area contributed by atoms with E-state index in [0.29, 0.717) is 38.4 Å². The van der Waals surface area contributed by atoms with Gasteiger partial charge in [-0.15, -0.1) is 0 Å². The van der Waals surface area contributed by atoms with Gasteiger partial charge in [-0.3, -0.25) is 29.3 Å². The molecule has 2 heterocycles. The summed E-state index contributed by atoms with van der Waals surface area (Å²) in [6, 6.07) is 4.02. The van der Waals surface area contributed by atoms with Crippen LogP contribution in [0.5, 0.6) is 0 Å². The molecule has 12 nitrogen and oxygen atoms in total. The first-order chi connectivity index (χ1) is 15.3. The second-order valence-corrected chi connectivity index (χ2v) is 7.42. The second-order valence-electron chi connectivity index (χ2n) is 7.42. The maximum Gasteiger partial charge on any atom is 0.330 e. The standard InChI is InChI=1S/C20H26N6O6/c1-3-4-7-25-17(21)16(18(27)22-20(25)29)23(2)19(28)14-12-13(26(30)31)5-6-15(14)24-8-10-32-11-9-24/h5-6,12H,3-4,7-11,21H2,1-2H3,(H,22,27,29). The third-order valence-corrected chi connectivity index (χ3v) is 5.36. The first-order valence-corrected chi connectivity index (χ1v) is 10.3. The van der Waals surface area contributed by atoms with Crippen LogP contribution in [0.1, 0.15) is 30.1 Å². The van der Waals surface area contributed by atoms with Gasteiger partial charge in [0.05, 0.1) is 29.4 Å². The summed E-state index contributed by atoms with van der Waals surface area (Å²) in [5, 5.41) is 11.3. The molecule has 1 saturated heterocycles. The molecule has 0 spiro atoms. The number of carbonyl (C=O) groups excluding carboxylic acids is 1. The van der Waals surface area contributed by atoms with Gasteiger partial charge in [-0.05, 0) is 12.5 Å². The highest BCUT2D eigenvalue weighted by atomic mass is 16.6. The summed E-state index contributed by atoms with van der Waals surface area (Å²) in [7, 11) is 1.35. The van der Waals surface area contributed by atoms with Crippen LogP contribution in [0.2, 0.25) is 0 Å². The van der Waals surface area contributed by atoms with Crippen molar-refractivity contribution >= 4 is 28.8 Å². The molecule has 0 saturated carbocycles. The van der Waals surface area contributed by atoms with Gasteiger partial charge in [0.25, 0.3) is 17.2 Å². The SMILES string of the molecule is CCCCn1c(N)c(N(C)C(=O)c2cc([N+](=O)[O-])ccc2N2CCOCC2)c(=O)[nH]c1=O. The molecule has 12 heteroatoms. The number of aromatic amines is 1. The Morgan fingerprint density at radius 1 is 1.31 bits per heavy atom. The van der Waals surface area contributed by atoms with Crippen molar-refractivity contribution < 1.29 is 14.5 Å². The van der Waals surface area contributed by atoms with Crippen LogP contribution in [0.25, 0.3) is 0 Å². The number of hydrogen-bond acceptors (Lipinski definition) is 8. The van der Waals surface area contributed by atoms with Gasteiger partial charge in [-0.2, -0.15) is 0 Å². The number of aromatic nitrogens is 2. The van der Waals surface area contributed by atoms with Gasteiger partial charge >= 0.3 is 5.69 Å². The molecule has 0 aliphatic carbocycles. The molecular weight excluding hydrogens is 420 g/mol. The number of nitrogen functional groups attached to an aromatic ring is 1. The van der Waals surface area contributed by atoms with Crippen molar-refractivity contribution in [1.82, 2.24) is 9.55 Å². The largest absolute Gasteiger partial charge is 0.383 e. The topological polar surface area (TPSA) is 157 Å². The number of H-pyrrole nitrogens is 1. The molecule has 0 bridgehead atoms. The number of carbonyl (C=O) groups is 1. The highest BCUT2D eigenvalue weighted by Gasteiger charge is 2.27. The van der Waals surface area contributed by atoms with E-state index in [1.165, 1.54) is 29.8 Å². The van der Waals surface area contributed by atoms with Gasteiger partial charge in [-0.25, -0.2) is 4.79 Å². The number of anilines is 3. The summed E-state index contributed by atoms with van der Waals surface area (Å²) in [5.74, 6) is -0.797. The highest BCUT2D eigenvalue weighted by molar-refractivity contribution is 6.10. The van der Waals surface area contributed by atoms with Gasteiger partial charge < -0.3 is 20.3 Å². The molecule has 32 heavy (non-hydrogen) atoms. The molecule has 1 aromatic carbocycles. The number of nitrogens with one attached hydrogen (secondary N) is 1. The Kier molecular flexibility index (Phi) is 6.93. The van der Waals surface area contributed by atoms with E-state index in [-0.39, 0.29) is 29.3 Å². The molecule has 1 aliphatic heterocycles. The number of unbranched alkanes of at least 4 members (excludes halogenated alkanes) is 1. The summed E-state index contributed by atoms with van der Waals surface area (Å²) < 4.78 is 6.56. The number of amides is 1. The van der Waals surface area contributed by atoms with Crippen LogP contribution in [-0.4, -0.2) is 53.7 Å². The minimum absolute atomic E-state index is 0.0497. The molecule has 0 atom stereocenters. The monoisotopic (exact) mass is 446 g/mol. The lowest BCUT2D eigenvalue weighted by molar-refractivity contribution is -0.384. The third-order valence-electron chi connectivity index (χ3n) is 5.36. The fraction of sp³-hybridized carbons (Fsp3) is 0.450. The number of benzene rings is 1. The Hall–Kier alpha value is -3.67. The summed E-state index contributed by atoms with van der Waals surface area (Å²) >= 11 is 0. The molecule has 3 rings (SSSR count). The van der Waals surface area contributed by atoms with Crippen LogP contribution in [0, 0.1) is 10.1 Å². The zero-order chi connectivity index (χ0) is 23.4. The Bertz CT molecular complexity index is 1130. The van der Waals surface area contributed by atoms with E-state index in [0.717, 1.165) is 11.3 Å². The molecule has 3 N–H and O–H groups in total. The number of non-ortho nitro benzene ring substituents is 1. The highest BCUT2D eigenvalue weighted by Crippen LogP contribution is 2.29. The molecule has 0 radical (unpaired) electrons. The lowest BCUT2D eigenvalue weighted by atomic mass is 10.1. The van der Waals surface area contributed by atoms with E-state index in [9.17, 15) is 24.5 Å². The predicted molar refractivity (Wildman–Crippen MR) is 120 cm³/mol. The van der Waals surface area contributed by atoms with Crippen LogP contribution in [0.3, 0.4) is 0 Å². The van der Waals surface area contributed by atoms with Crippen molar-refractivity contribution in [2.75, 3.05) is 48.9 Å². The van der Waals surface area contributed by atoms with Crippen molar-refractivity contribution in [3.8, 4) is 0 Å². The van der Waals surface area contributed by atoms with E-state index in [1.807, 2.05) is 11.8 Å². The quantitative estimate of drug-likeness (QED) is 0.470. The van der Waals surface area contributed by atoms with E-state index < -0.39 is 22.1 Å². The Labute approximate surface area is 183 Å². The number of nitrogens with two attached hydrogens (primary N) is 1. The van der Waals surface area contributed by atoms with E-state index in [1.54, 1.807) is 0 Å². The number of nitrogens with zero attached hydrogens (tertiary/aromatic N) is 4. The van der Waals surface area contributed by atoms with Crippen LogP contribution < -0.4 is 26.8 Å². The van der Waals surface area contributed by atoms with E-state index in [2.05, 4.69) is 4.98 Å². The van der Waals surface area contributed by atoms with Crippen LogP contribution >= 0.6 is 0 Å². The van der Waals surface area contributed by atoms with Gasteiger partial charge in [0.2, 0.25) is 0 Å². The third kappa shape index (κ3) is 4.49. The predicted octanol–water partition coefficient (Wildman–Crippen LogP) is 0.940. The van der Waals surface area contributed by atoms with Gasteiger partial charge in [-0.1, -0.05) is 13.3 Å². The van der Waals surface area contributed by atoms with E-state index in [4.69, 9.17) is 10.5 Å². The van der Waals surface area contributed by atoms with Crippen LogP contribution in [0.4, 0.5) is 22.9 Å². The summed E-state index contributed by atoms with van der Waals surface area (Å²) in [6.07, 6.45) is 1.45. The van der Waals surface area contributed by atoms with Crippen molar-refractivity contribution in [1.29, 1.82) is 0 Å². The molecule has 2 aromatic rings. The van der Waals surface area contributed by atoms with Crippen molar-refractivity contribution in [3.63, 3.8) is 0 Å². The Balaban J connectivity index is 2.09. The zero-order valence-corrected chi connectivity index (χ0v) is 18.0. The Morgan fingerprint density at radius 2 is 2.00 bits per heavy atom. The summed E-state index contributed by atoms with van der Waals surface area (Å²) in [6.45, 7) is 4.14. The number of ether oxygens (including phenoxy) is 1. The van der Waals surface area contributed by atoms with Crippen molar-refractivity contribution in [2.24, 2.45) is 0 Å². The summed E-state index contributed by atoms with van der Waals surface area (Å²) in [4.78, 5) is 54.0. The minimum atomic E-state index is -0.811. The van der Waals surface area contributed by atoms with Crippen LogP contribution in [0.15, 0.2) is 27.8 Å². The number of nitro groups is 1. The molecule has 1 aromatic heterocycles. The fourth-order valence-corrected chi connectivity index (χ4v) is 3.61. The second kappa shape index (κ2) is 9.64. The zero-order valence-electron chi connectivity index (χ0n) is 18.0. The van der Waals surface area contributed by atoms with Gasteiger partial charge in [0.15, 0.2) is 5.69 Å². The maximum absolute atomic E-state index is 13.4. The smallest absolute Gasteiger partial charge is 0.330 e.